The van der Waals surface area contributed by atoms with E-state index in [-0.39, 0.29) is 29.8 Å². The molecule has 0 radical (unpaired) electrons. The number of aliphatic imine (C=N–C) groups is 1. The van der Waals surface area contributed by atoms with Crippen molar-refractivity contribution in [2.24, 2.45) is 4.99 Å². The summed E-state index contributed by atoms with van der Waals surface area (Å²) in [6.07, 6.45) is 6.93. The molecule has 0 spiro atoms. The second-order valence-corrected chi connectivity index (χ2v) is 5.69. The first-order valence-electron chi connectivity index (χ1n) is 8.39. The molecule has 1 aromatic heterocycles. The molecule has 25 heavy (non-hydrogen) atoms. The van der Waals surface area contributed by atoms with Gasteiger partial charge in [-0.1, -0.05) is 25.8 Å². The van der Waals surface area contributed by atoms with Gasteiger partial charge in [0.15, 0.2) is 5.96 Å². The largest absolute Gasteiger partial charge is 0.356 e. The van der Waals surface area contributed by atoms with Crippen molar-refractivity contribution < 1.29 is 4.39 Å². The number of hydrogen-bond acceptors (Lipinski definition) is 2. The van der Waals surface area contributed by atoms with E-state index < -0.39 is 0 Å². The number of imidazole rings is 1. The smallest absolute Gasteiger partial charge is 0.191 e. The summed E-state index contributed by atoms with van der Waals surface area (Å²) in [4.78, 5) is 8.31. The summed E-state index contributed by atoms with van der Waals surface area (Å²) in [6.45, 7) is 5.44. The normalized spacial score (nSPS) is 11.1. The molecule has 7 heteroatoms. The van der Waals surface area contributed by atoms with Gasteiger partial charge in [-0.2, -0.15) is 0 Å². The van der Waals surface area contributed by atoms with Crippen molar-refractivity contribution in [2.75, 3.05) is 13.6 Å². The number of halogens is 2. The lowest BCUT2D eigenvalue weighted by Crippen LogP contribution is -2.37. The van der Waals surface area contributed by atoms with Gasteiger partial charge < -0.3 is 15.2 Å². The Morgan fingerprint density at radius 2 is 2.08 bits per heavy atom. The van der Waals surface area contributed by atoms with Crippen LogP contribution in [0.4, 0.5) is 4.39 Å². The van der Waals surface area contributed by atoms with Crippen LogP contribution in [0.25, 0.3) is 5.69 Å². The molecule has 1 aromatic carbocycles. The maximum absolute atomic E-state index is 14.4. The molecule has 0 aliphatic carbocycles. The van der Waals surface area contributed by atoms with Crippen molar-refractivity contribution >= 4 is 29.9 Å². The molecule has 2 aromatic rings. The van der Waals surface area contributed by atoms with Crippen LogP contribution in [0.2, 0.25) is 0 Å². The summed E-state index contributed by atoms with van der Waals surface area (Å²) >= 11 is 0. The van der Waals surface area contributed by atoms with Crippen molar-refractivity contribution in [3.63, 3.8) is 0 Å². The fourth-order valence-electron chi connectivity index (χ4n) is 2.48. The number of benzene rings is 1. The lowest BCUT2D eigenvalue weighted by molar-refractivity contribution is 0.613. The molecular weight excluding hydrogens is 432 g/mol. The van der Waals surface area contributed by atoms with E-state index in [4.69, 9.17) is 0 Å². The Morgan fingerprint density at radius 1 is 1.28 bits per heavy atom. The second kappa shape index (κ2) is 11.1. The fraction of sp³-hybridized carbons (Fsp3) is 0.444. The van der Waals surface area contributed by atoms with E-state index in [1.54, 1.807) is 36.1 Å². The van der Waals surface area contributed by atoms with Gasteiger partial charge in [0.2, 0.25) is 0 Å². The average Bonchev–Trinajstić information content (AvgIpc) is 3.00. The molecule has 0 amide bonds. The first-order chi connectivity index (χ1) is 11.7. The Bertz CT molecular complexity index is 684. The Labute approximate surface area is 166 Å². The molecule has 0 aliphatic heterocycles. The molecule has 138 valence electrons. The molecule has 0 unspecified atom stereocenters. The quantitative estimate of drug-likeness (QED) is 0.287. The van der Waals surface area contributed by atoms with Crippen molar-refractivity contribution in [1.29, 1.82) is 0 Å². The second-order valence-electron chi connectivity index (χ2n) is 5.69. The molecule has 2 rings (SSSR count). The summed E-state index contributed by atoms with van der Waals surface area (Å²) in [6, 6.07) is 5.24. The molecular formula is C18H27FIN5. The third-order valence-corrected chi connectivity index (χ3v) is 3.85. The van der Waals surface area contributed by atoms with E-state index >= 15 is 0 Å². The van der Waals surface area contributed by atoms with Gasteiger partial charge in [-0.15, -0.1) is 24.0 Å². The average molecular weight is 459 g/mol. The number of nitrogens with one attached hydrogen (secondary N) is 2. The first kappa shape index (κ1) is 21.4. The minimum atomic E-state index is -0.263. The molecule has 0 fully saturated rings. The third-order valence-electron chi connectivity index (χ3n) is 3.85. The third kappa shape index (κ3) is 6.30. The highest BCUT2D eigenvalue weighted by Gasteiger charge is 2.08. The Hall–Kier alpha value is -1.64. The van der Waals surface area contributed by atoms with Gasteiger partial charge in [0, 0.05) is 32.5 Å². The van der Waals surface area contributed by atoms with Crippen LogP contribution in [-0.2, 0) is 6.54 Å². The summed E-state index contributed by atoms with van der Waals surface area (Å²) in [5.41, 5.74) is 1.38. The van der Waals surface area contributed by atoms with Crippen molar-refractivity contribution in [2.45, 2.75) is 39.7 Å². The number of rotatable bonds is 7. The number of nitrogens with zero attached hydrogens (tertiary/aromatic N) is 3. The number of aromatic nitrogens is 2. The lowest BCUT2D eigenvalue weighted by atomic mass is 10.2. The van der Waals surface area contributed by atoms with E-state index in [1.807, 2.05) is 13.0 Å². The van der Waals surface area contributed by atoms with Crippen LogP contribution in [0.5, 0.6) is 0 Å². The van der Waals surface area contributed by atoms with Crippen molar-refractivity contribution in [1.82, 2.24) is 20.2 Å². The monoisotopic (exact) mass is 459 g/mol. The van der Waals surface area contributed by atoms with Gasteiger partial charge >= 0.3 is 0 Å². The van der Waals surface area contributed by atoms with Crippen LogP contribution in [-0.4, -0.2) is 29.1 Å². The molecule has 2 N–H and O–H groups in total. The van der Waals surface area contributed by atoms with E-state index in [1.165, 1.54) is 12.8 Å². The molecule has 0 saturated carbocycles. The van der Waals surface area contributed by atoms with Gasteiger partial charge in [0.25, 0.3) is 0 Å². The Morgan fingerprint density at radius 3 is 2.68 bits per heavy atom. The molecule has 0 bridgehead atoms. The molecule has 5 nitrogen and oxygen atoms in total. The topological polar surface area (TPSA) is 54.2 Å². The van der Waals surface area contributed by atoms with Gasteiger partial charge in [-0.05, 0) is 31.0 Å². The Balaban J connectivity index is 0.00000312. The minimum absolute atomic E-state index is 0. The van der Waals surface area contributed by atoms with E-state index in [0.29, 0.717) is 12.2 Å². The van der Waals surface area contributed by atoms with Gasteiger partial charge in [-0.25, -0.2) is 9.37 Å². The predicted molar refractivity (Wildman–Crippen MR) is 111 cm³/mol. The summed E-state index contributed by atoms with van der Waals surface area (Å²) in [5, 5.41) is 6.47. The van der Waals surface area contributed by atoms with Crippen LogP contribution >= 0.6 is 24.0 Å². The van der Waals surface area contributed by atoms with Crippen molar-refractivity contribution in [3.05, 3.63) is 47.8 Å². The zero-order chi connectivity index (χ0) is 17.4. The van der Waals surface area contributed by atoms with Crippen LogP contribution < -0.4 is 10.6 Å². The Kier molecular flexibility index (Phi) is 9.48. The fourth-order valence-corrected chi connectivity index (χ4v) is 2.48. The molecule has 0 saturated heterocycles. The highest BCUT2D eigenvalue weighted by atomic mass is 127. The van der Waals surface area contributed by atoms with Gasteiger partial charge in [0.1, 0.15) is 11.6 Å². The lowest BCUT2D eigenvalue weighted by Gasteiger charge is -2.13. The summed E-state index contributed by atoms with van der Waals surface area (Å²) < 4.78 is 16.1. The van der Waals surface area contributed by atoms with E-state index in [2.05, 4.69) is 27.5 Å². The standard InChI is InChI=1S/C18H26FN5.HI/c1-4-5-6-9-22-18(20-3)23-13-15-7-8-17(16(19)12-15)24-11-10-21-14(24)2;/h7-8,10-12H,4-6,9,13H2,1-3H3,(H2,20,22,23);1H. The van der Waals surface area contributed by atoms with Gasteiger partial charge in [-0.3, -0.25) is 4.99 Å². The number of hydrogen-bond donors (Lipinski definition) is 2. The zero-order valence-electron chi connectivity index (χ0n) is 15.1. The van der Waals surface area contributed by atoms with Crippen LogP contribution in [0, 0.1) is 12.7 Å². The van der Waals surface area contributed by atoms with Crippen LogP contribution in [0.3, 0.4) is 0 Å². The zero-order valence-corrected chi connectivity index (χ0v) is 17.4. The van der Waals surface area contributed by atoms with Crippen LogP contribution in [0.15, 0.2) is 35.6 Å². The highest BCUT2D eigenvalue weighted by Crippen LogP contribution is 2.16. The SMILES string of the molecule is CCCCCNC(=NC)NCc1ccc(-n2ccnc2C)c(F)c1.I. The molecule has 0 aliphatic rings. The van der Waals surface area contributed by atoms with E-state index in [9.17, 15) is 4.39 Å². The predicted octanol–water partition coefficient (Wildman–Crippen LogP) is 3.79. The van der Waals surface area contributed by atoms with Crippen LogP contribution in [0.1, 0.15) is 37.6 Å². The molecule has 1 heterocycles. The molecule has 0 atom stereocenters. The number of unbranched alkanes of at least 4 members (excludes halogenated alkanes) is 2. The highest BCUT2D eigenvalue weighted by molar-refractivity contribution is 14.0. The summed E-state index contributed by atoms with van der Waals surface area (Å²) in [5.74, 6) is 1.23. The maximum atomic E-state index is 14.4. The maximum Gasteiger partial charge on any atom is 0.191 e. The summed E-state index contributed by atoms with van der Waals surface area (Å²) in [7, 11) is 1.74. The van der Waals surface area contributed by atoms with Crippen molar-refractivity contribution in [3.8, 4) is 5.69 Å². The number of guanidine groups is 1. The first-order valence-corrected chi connectivity index (χ1v) is 8.39. The van der Waals surface area contributed by atoms with Gasteiger partial charge in [0.05, 0.1) is 5.69 Å². The minimum Gasteiger partial charge on any atom is -0.356 e. The number of aryl methyl sites for hydroxylation is 1. The van der Waals surface area contributed by atoms with E-state index in [0.717, 1.165) is 30.3 Å².